The van der Waals surface area contributed by atoms with Gasteiger partial charge >= 0.3 is 0 Å². The molecular weight excluding hydrogens is 757 g/mol. The van der Waals surface area contributed by atoms with Crippen molar-refractivity contribution >= 4 is 77.1 Å². The van der Waals surface area contributed by atoms with Crippen molar-refractivity contribution in [2.24, 2.45) is 0 Å². The van der Waals surface area contributed by atoms with Gasteiger partial charge in [-0.1, -0.05) is 153 Å². The summed E-state index contributed by atoms with van der Waals surface area (Å²) in [6.45, 7) is 0. The molecule has 2 aliphatic rings. The molecule has 0 saturated heterocycles. The molecule has 2 heterocycles. The number of para-hydroxylation sites is 3. The van der Waals surface area contributed by atoms with Crippen LogP contribution >= 0.6 is 11.3 Å². The normalized spacial score (nSPS) is 14.3. The minimum Gasteiger partial charge on any atom is -0.309 e. The molecule has 294 valence electrons. The van der Waals surface area contributed by atoms with Crippen LogP contribution in [-0.2, 0) is 6.42 Å². The highest BCUT2D eigenvalue weighted by Gasteiger charge is 2.26. The van der Waals surface area contributed by atoms with Gasteiger partial charge in [0.05, 0.1) is 22.4 Å². The average Bonchev–Trinajstić information content (AvgIpc) is 3.89. The molecule has 10 aromatic rings. The Hall–Kier alpha value is -6.68. The number of thiophene rings is 1. The number of aromatic nitrogens is 1. The Morgan fingerprint density at radius 3 is 2.16 bits per heavy atom. The molecule has 0 radical (unpaired) electrons. The molecule has 12 rings (SSSR count). The van der Waals surface area contributed by atoms with Gasteiger partial charge in [0, 0.05) is 37.3 Å². The SMILES string of the molecule is C1=Cc2sc3c(-c4cccc(N(c5ccccc5-c5cccc6cccc(C7CCCCC7)c56)c5cccc6c5c5ccccc5n6-c5ccccc5)c4)cccc3c2CC1. The molecule has 0 amide bonds. The second kappa shape index (κ2) is 15.1. The summed E-state index contributed by atoms with van der Waals surface area (Å²) in [7, 11) is 0. The van der Waals surface area contributed by atoms with Gasteiger partial charge < -0.3 is 9.47 Å². The number of rotatable bonds is 7. The van der Waals surface area contributed by atoms with Crippen LogP contribution < -0.4 is 4.90 Å². The highest BCUT2D eigenvalue weighted by Crippen LogP contribution is 2.50. The van der Waals surface area contributed by atoms with Gasteiger partial charge in [0.1, 0.15) is 0 Å². The summed E-state index contributed by atoms with van der Waals surface area (Å²) in [5, 5.41) is 6.60. The lowest BCUT2D eigenvalue weighted by molar-refractivity contribution is 0.445. The van der Waals surface area contributed by atoms with Crippen LogP contribution in [0.1, 0.15) is 60.4 Å². The number of benzene rings is 8. The van der Waals surface area contributed by atoms with Crippen LogP contribution in [0.15, 0.2) is 182 Å². The number of anilines is 3. The Labute approximate surface area is 361 Å². The highest BCUT2D eigenvalue weighted by atomic mass is 32.1. The smallest absolute Gasteiger partial charge is 0.0562 e. The largest absolute Gasteiger partial charge is 0.309 e. The third-order valence-corrected chi connectivity index (χ3v) is 14.7. The van der Waals surface area contributed by atoms with Crippen LogP contribution in [0.3, 0.4) is 0 Å². The Morgan fingerprint density at radius 2 is 1.25 bits per heavy atom. The van der Waals surface area contributed by atoms with E-state index in [-0.39, 0.29) is 0 Å². The first-order chi connectivity index (χ1) is 30.3. The number of hydrogen-bond acceptors (Lipinski definition) is 2. The van der Waals surface area contributed by atoms with Crippen molar-refractivity contribution in [2.45, 2.75) is 50.9 Å². The number of fused-ring (bicyclic) bond motifs is 7. The van der Waals surface area contributed by atoms with Crippen molar-refractivity contribution in [1.82, 2.24) is 4.57 Å². The Balaban J connectivity index is 1.14. The van der Waals surface area contributed by atoms with Gasteiger partial charge in [-0.05, 0) is 130 Å². The lowest BCUT2D eigenvalue weighted by Gasteiger charge is -2.30. The van der Waals surface area contributed by atoms with Crippen LogP contribution in [-0.4, -0.2) is 4.57 Å². The fourth-order valence-electron chi connectivity index (χ4n) is 10.7. The fraction of sp³-hybridized carbons (Fsp3) is 0.138. The van der Waals surface area contributed by atoms with E-state index in [2.05, 4.69) is 198 Å². The maximum atomic E-state index is 2.56. The van der Waals surface area contributed by atoms with Crippen LogP contribution in [0.25, 0.3) is 76.7 Å². The summed E-state index contributed by atoms with van der Waals surface area (Å²) >= 11 is 1.94. The van der Waals surface area contributed by atoms with Gasteiger partial charge in [-0.25, -0.2) is 0 Å². The van der Waals surface area contributed by atoms with Crippen LogP contribution in [0.5, 0.6) is 0 Å². The molecule has 0 unspecified atom stereocenters. The zero-order valence-electron chi connectivity index (χ0n) is 34.2. The summed E-state index contributed by atoms with van der Waals surface area (Å²) in [6.07, 6.45) is 13.4. The fourth-order valence-corrected chi connectivity index (χ4v) is 12.1. The molecule has 0 aliphatic heterocycles. The quantitative estimate of drug-likeness (QED) is 0.156. The number of aryl methyl sites for hydroxylation is 1. The first-order valence-corrected chi connectivity index (χ1v) is 22.9. The van der Waals surface area contributed by atoms with E-state index in [1.165, 1.54) is 119 Å². The van der Waals surface area contributed by atoms with E-state index in [1.807, 2.05) is 11.3 Å². The minimum absolute atomic E-state index is 0.581. The summed E-state index contributed by atoms with van der Waals surface area (Å²) < 4.78 is 3.81. The van der Waals surface area contributed by atoms with Crippen molar-refractivity contribution in [2.75, 3.05) is 4.90 Å². The monoisotopic (exact) mass is 802 g/mol. The van der Waals surface area contributed by atoms with E-state index in [4.69, 9.17) is 0 Å². The molecule has 1 fully saturated rings. The molecule has 0 atom stereocenters. The van der Waals surface area contributed by atoms with Gasteiger partial charge in [0.15, 0.2) is 0 Å². The third kappa shape index (κ3) is 6.05. The zero-order valence-corrected chi connectivity index (χ0v) is 35.0. The molecule has 1 saturated carbocycles. The van der Waals surface area contributed by atoms with Crippen LogP contribution in [0.2, 0.25) is 0 Å². The molecule has 0 bridgehead atoms. The summed E-state index contributed by atoms with van der Waals surface area (Å²) in [6, 6.07) is 66.0. The van der Waals surface area contributed by atoms with Crippen molar-refractivity contribution in [3.05, 3.63) is 198 Å². The first kappa shape index (κ1) is 36.2. The van der Waals surface area contributed by atoms with E-state index < -0.39 is 0 Å². The summed E-state index contributed by atoms with van der Waals surface area (Å²) in [5.41, 5.74) is 15.1. The maximum absolute atomic E-state index is 2.56. The number of allylic oxidation sites excluding steroid dienone is 1. The second-order valence-corrected chi connectivity index (χ2v) is 18.0. The van der Waals surface area contributed by atoms with Crippen molar-refractivity contribution < 1.29 is 0 Å². The standard InChI is InChI=1S/C58H46N2S/c1-3-18-39(19-4-1)44-29-14-20-40-21-15-31-48(56(40)44)46-26-7-10-33-51(46)60(43-25-13-22-41(38-43)45-30-16-32-49-47-27-9-12-37-55(47)61-58(45)49)54-36-17-35-53-57(54)50-28-8-11-34-52(50)59(53)42-23-5-2-6-24-42/h2,5-8,10-17,20-26,28-39H,1,3-4,9,18-19,27H2. The summed E-state index contributed by atoms with van der Waals surface area (Å²) in [5.74, 6) is 0.581. The Bertz CT molecular complexity index is 3300. The third-order valence-electron chi connectivity index (χ3n) is 13.4. The van der Waals surface area contributed by atoms with E-state index in [0.29, 0.717) is 5.92 Å². The van der Waals surface area contributed by atoms with Gasteiger partial charge in [-0.15, -0.1) is 11.3 Å². The van der Waals surface area contributed by atoms with Crippen LogP contribution in [0.4, 0.5) is 17.1 Å². The molecule has 2 nitrogen and oxygen atoms in total. The molecular formula is C58H46N2S. The molecule has 0 N–H and O–H groups in total. The van der Waals surface area contributed by atoms with Crippen molar-refractivity contribution in [3.8, 4) is 27.9 Å². The van der Waals surface area contributed by atoms with Gasteiger partial charge in [-0.2, -0.15) is 0 Å². The predicted molar refractivity (Wildman–Crippen MR) is 262 cm³/mol. The van der Waals surface area contributed by atoms with E-state index >= 15 is 0 Å². The van der Waals surface area contributed by atoms with Gasteiger partial charge in [0.25, 0.3) is 0 Å². The van der Waals surface area contributed by atoms with Crippen LogP contribution in [0, 0.1) is 0 Å². The molecule has 0 spiro atoms. The van der Waals surface area contributed by atoms with Gasteiger partial charge in [-0.3, -0.25) is 0 Å². The van der Waals surface area contributed by atoms with Crippen molar-refractivity contribution in [1.29, 1.82) is 0 Å². The molecule has 2 aliphatic carbocycles. The average molecular weight is 803 g/mol. The predicted octanol–water partition coefficient (Wildman–Crippen LogP) is 17.0. The lowest BCUT2D eigenvalue weighted by Crippen LogP contribution is -2.12. The number of nitrogens with zero attached hydrogens (tertiary/aromatic N) is 2. The maximum Gasteiger partial charge on any atom is 0.0562 e. The topological polar surface area (TPSA) is 8.17 Å². The molecule has 3 heteroatoms. The number of hydrogen-bond donors (Lipinski definition) is 0. The lowest BCUT2D eigenvalue weighted by atomic mass is 9.80. The van der Waals surface area contributed by atoms with E-state index in [9.17, 15) is 0 Å². The zero-order chi connectivity index (χ0) is 40.3. The van der Waals surface area contributed by atoms with E-state index in [0.717, 1.165) is 29.9 Å². The highest BCUT2D eigenvalue weighted by molar-refractivity contribution is 7.20. The molecule has 61 heavy (non-hydrogen) atoms. The molecule has 2 aromatic heterocycles. The first-order valence-electron chi connectivity index (χ1n) is 22.1. The Kier molecular flexibility index (Phi) is 8.96. The second-order valence-electron chi connectivity index (χ2n) is 16.9. The van der Waals surface area contributed by atoms with Crippen molar-refractivity contribution in [3.63, 3.8) is 0 Å². The summed E-state index contributed by atoms with van der Waals surface area (Å²) in [4.78, 5) is 3.97. The van der Waals surface area contributed by atoms with Gasteiger partial charge in [0.2, 0.25) is 0 Å². The minimum atomic E-state index is 0.581. The van der Waals surface area contributed by atoms with E-state index in [1.54, 1.807) is 0 Å². The Morgan fingerprint density at radius 1 is 0.541 bits per heavy atom. The molecule has 8 aromatic carbocycles.